The number of halogens is 1. The lowest BCUT2D eigenvalue weighted by molar-refractivity contribution is -0.127. The van der Waals surface area contributed by atoms with E-state index < -0.39 is 5.91 Å². The molecule has 0 radical (unpaired) electrons. The summed E-state index contributed by atoms with van der Waals surface area (Å²) in [6.07, 6.45) is 1.62. The lowest BCUT2D eigenvalue weighted by Crippen LogP contribution is -2.37. The van der Waals surface area contributed by atoms with E-state index in [0.29, 0.717) is 16.3 Å². The van der Waals surface area contributed by atoms with Crippen LogP contribution in [0.15, 0.2) is 30.5 Å². The Hall–Kier alpha value is -2.34. The number of carbonyl (C=O) groups is 2. The van der Waals surface area contributed by atoms with Crippen LogP contribution in [0.25, 0.3) is 10.9 Å². The van der Waals surface area contributed by atoms with Gasteiger partial charge in [-0.2, -0.15) is 0 Å². The second kappa shape index (κ2) is 6.90. The van der Waals surface area contributed by atoms with Gasteiger partial charge in [-0.15, -0.1) is 0 Å². The highest BCUT2D eigenvalue weighted by Gasteiger charge is 2.09. The number of amides is 2. The summed E-state index contributed by atoms with van der Waals surface area (Å²) in [5.74, 6) is -0.204. The number of carbonyl (C=O) groups excluding carboxylic acids is 2. The Balaban J connectivity index is 2.02. The average molecular weight is 308 g/mol. The zero-order valence-electron chi connectivity index (χ0n) is 11.4. The lowest BCUT2D eigenvalue weighted by atomic mass is 10.2. The van der Waals surface area contributed by atoms with Gasteiger partial charge in [-0.05, 0) is 24.3 Å². The van der Waals surface area contributed by atoms with Gasteiger partial charge in [0, 0.05) is 18.6 Å². The van der Waals surface area contributed by atoms with Crippen molar-refractivity contribution in [3.8, 4) is 5.75 Å². The predicted molar refractivity (Wildman–Crippen MR) is 79.3 cm³/mol. The van der Waals surface area contributed by atoms with Crippen LogP contribution in [0.5, 0.6) is 5.75 Å². The highest BCUT2D eigenvalue weighted by Crippen LogP contribution is 2.29. The molecule has 0 atom stereocenters. The van der Waals surface area contributed by atoms with Crippen LogP contribution >= 0.6 is 11.6 Å². The van der Waals surface area contributed by atoms with Crippen molar-refractivity contribution in [3.05, 3.63) is 35.5 Å². The number of likely N-dealkylation sites (N-methyl/N-ethyl adjacent to an activating group) is 1. The molecule has 2 aromatic rings. The predicted octanol–water partition coefficient (Wildman–Crippen LogP) is 1.13. The summed E-state index contributed by atoms with van der Waals surface area (Å²) in [5.41, 5.74) is 0.587. The van der Waals surface area contributed by atoms with Gasteiger partial charge >= 0.3 is 0 Å². The van der Waals surface area contributed by atoms with Crippen molar-refractivity contribution < 1.29 is 14.3 Å². The molecular formula is C14H14ClN3O3. The summed E-state index contributed by atoms with van der Waals surface area (Å²) >= 11 is 6.07. The number of benzene rings is 1. The highest BCUT2D eigenvalue weighted by molar-refractivity contribution is 6.35. The lowest BCUT2D eigenvalue weighted by Gasteiger charge is -2.09. The van der Waals surface area contributed by atoms with Gasteiger partial charge in [0.25, 0.3) is 5.91 Å². The van der Waals surface area contributed by atoms with Crippen LogP contribution in [0.4, 0.5) is 0 Å². The van der Waals surface area contributed by atoms with Gasteiger partial charge < -0.3 is 15.4 Å². The zero-order chi connectivity index (χ0) is 15.2. The maximum absolute atomic E-state index is 11.6. The van der Waals surface area contributed by atoms with Gasteiger partial charge in [-0.3, -0.25) is 14.6 Å². The molecule has 1 aromatic carbocycles. The number of nitrogens with one attached hydrogen (secondary N) is 2. The summed E-state index contributed by atoms with van der Waals surface area (Å²) < 4.78 is 5.44. The molecule has 6 nitrogen and oxygen atoms in total. The maximum Gasteiger partial charge on any atom is 0.258 e. The Kier molecular flexibility index (Phi) is 4.94. The Bertz CT molecular complexity index is 676. The van der Waals surface area contributed by atoms with Crippen molar-refractivity contribution >= 4 is 34.3 Å². The molecule has 0 saturated heterocycles. The fourth-order valence-electron chi connectivity index (χ4n) is 1.69. The monoisotopic (exact) mass is 307 g/mol. The fourth-order valence-corrected chi connectivity index (χ4v) is 1.91. The number of fused-ring (bicyclic) bond motifs is 1. The standard InChI is InChI=1S/C14H14ClN3O3/c1-16-12(19)7-18-13(20)8-21-11-5-4-10(15)9-3-2-6-17-14(9)11/h2-6H,7-8H2,1H3,(H,16,19)(H,18,20). The third-order valence-corrected chi connectivity index (χ3v) is 3.09. The SMILES string of the molecule is CNC(=O)CNC(=O)COc1ccc(Cl)c2cccnc12. The molecular weight excluding hydrogens is 294 g/mol. The molecule has 0 aliphatic carbocycles. The largest absolute Gasteiger partial charge is 0.481 e. The summed E-state index contributed by atoms with van der Waals surface area (Å²) in [5, 5.41) is 6.16. The number of nitrogens with zero attached hydrogens (tertiary/aromatic N) is 1. The van der Waals surface area contributed by atoms with E-state index in [-0.39, 0.29) is 19.1 Å². The van der Waals surface area contributed by atoms with E-state index in [2.05, 4.69) is 15.6 Å². The quantitative estimate of drug-likeness (QED) is 0.868. The van der Waals surface area contributed by atoms with Gasteiger partial charge in [0.05, 0.1) is 11.6 Å². The zero-order valence-corrected chi connectivity index (χ0v) is 12.1. The topological polar surface area (TPSA) is 80.3 Å². The van der Waals surface area contributed by atoms with Crippen molar-refractivity contribution in [3.63, 3.8) is 0 Å². The molecule has 0 bridgehead atoms. The van der Waals surface area contributed by atoms with Gasteiger partial charge in [-0.25, -0.2) is 0 Å². The molecule has 0 spiro atoms. The van der Waals surface area contributed by atoms with E-state index >= 15 is 0 Å². The highest BCUT2D eigenvalue weighted by atomic mass is 35.5. The fraction of sp³-hybridized carbons (Fsp3) is 0.214. The third kappa shape index (κ3) is 3.82. The first-order chi connectivity index (χ1) is 10.1. The van der Waals surface area contributed by atoms with Gasteiger partial charge in [0.1, 0.15) is 11.3 Å². The minimum atomic E-state index is -0.391. The third-order valence-electron chi connectivity index (χ3n) is 2.76. The van der Waals surface area contributed by atoms with Gasteiger partial charge in [0.2, 0.25) is 5.91 Å². The summed E-state index contributed by atoms with van der Waals surface area (Å²) in [6.45, 7) is -0.289. The van der Waals surface area contributed by atoms with Gasteiger partial charge in [0.15, 0.2) is 6.61 Å². The molecule has 2 amide bonds. The van der Waals surface area contributed by atoms with Crippen LogP contribution < -0.4 is 15.4 Å². The number of rotatable bonds is 5. The molecule has 0 aliphatic heterocycles. The molecule has 0 fully saturated rings. The normalized spacial score (nSPS) is 10.2. The number of pyridine rings is 1. The summed E-state index contributed by atoms with van der Waals surface area (Å²) in [7, 11) is 1.50. The van der Waals surface area contributed by atoms with Crippen LogP contribution in [0.2, 0.25) is 5.02 Å². The van der Waals surface area contributed by atoms with E-state index in [1.54, 1.807) is 24.4 Å². The Labute approximate surface area is 126 Å². The first kappa shape index (κ1) is 15.1. The van der Waals surface area contributed by atoms with Crippen molar-refractivity contribution in [2.75, 3.05) is 20.2 Å². The minimum Gasteiger partial charge on any atom is -0.481 e. The summed E-state index contributed by atoms with van der Waals surface area (Å²) in [6, 6.07) is 6.93. The van der Waals surface area contributed by atoms with E-state index in [1.807, 2.05) is 6.07 Å². The molecule has 21 heavy (non-hydrogen) atoms. The molecule has 0 unspecified atom stereocenters. The Morgan fingerprint density at radius 2 is 2.10 bits per heavy atom. The maximum atomic E-state index is 11.6. The van der Waals surface area contributed by atoms with Crippen LogP contribution in [0.1, 0.15) is 0 Å². The van der Waals surface area contributed by atoms with E-state index in [0.717, 1.165) is 5.39 Å². The van der Waals surface area contributed by atoms with Crippen molar-refractivity contribution in [2.24, 2.45) is 0 Å². The molecule has 0 saturated carbocycles. The number of aromatic nitrogens is 1. The van der Waals surface area contributed by atoms with Crippen LogP contribution in [-0.2, 0) is 9.59 Å². The first-order valence-electron chi connectivity index (χ1n) is 6.25. The molecule has 110 valence electrons. The van der Waals surface area contributed by atoms with Crippen molar-refractivity contribution in [2.45, 2.75) is 0 Å². The molecule has 2 rings (SSSR count). The van der Waals surface area contributed by atoms with Gasteiger partial charge in [-0.1, -0.05) is 11.6 Å². The summed E-state index contributed by atoms with van der Waals surface area (Å²) in [4.78, 5) is 26.8. The van der Waals surface area contributed by atoms with Crippen LogP contribution in [0.3, 0.4) is 0 Å². The van der Waals surface area contributed by atoms with E-state index in [1.165, 1.54) is 7.05 Å². The first-order valence-corrected chi connectivity index (χ1v) is 6.63. The van der Waals surface area contributed by atoms with Crippen molar-refractivity contribution in [1.82, 2.24) is 15.6 Å². The smallest absolute Gasteiger partial charge is 0.258 e. The molecule has 1 aromatic heterocycles. The van der Waals surface area contributed by atoms with E-state index in [9.17, 15) is 9.59 Å². The Morgan fingerprint density at radius 3 is 2.86 bits per heavy atom. The Morgan fingerprint density at radius 1 is 1.29 bits per heavy atom. The molecule has 0 aliphatic rings. The number of ether oxygens (including phenoxy) is 1. The molecule has 1 heterocycles. The van der Waals surface area contributed by atoms with Crippen LogP contribution in [-0.4, -0.2) is 37.0 Å². The molecule has 2 N–H and O–H groups in total. The molecule has 7 heteroatoms. The number of hydrogen-bond acceptors (Lipinski definition) is 4. The van der Waals surface area contributed by atoms with Crippen LogP contribution in [0, 0.1) is 0 Å². The second-order valence-corrected chi connectivity index (χ2v) is 4.59. The average Bonchev–Trinajstić information content (AvgIpc) is 2.52. The second-order valence-electron chi connectivity index (χ2n) is 4.18. The number of hydrogen-bond donors (Lipinski definition) is 2. The van der Waals surface area contributed by atoms with E-state index in [4.69, 9.17) is 16.3 Å². The minimum absolute atomic E-state index is 0.0850. The van der Waals surface area contributed by atoms with Crippen molar-refractivity contribution in [1.29, 1.82) is 0 Å².